The molecule has 2 aromatic rings. The molecule has 3 atom stereocenters. The van der Waals surface area contributed by atoms with Crippen molar-refractivity contribution in [1.29, 1.82) is 0 Å². The maximum atomic E-state index is 13.1. The van der Waals surface area contributed by atoms with E-state index in [1.54, 1.807) is 33.3 Å². The standard InChI is InChI=1S/C19H23ClN4O3S/c1-3-23-18(15(20)11-21-23)19(25)22-16-10-13-8-9-24(17(13)16)28(26,27)14-6-4-12(2)5-7-14/h4-7,11,13,16-17H,3,8-10H2,1-2H3,(H,22,25)/t13-,16+,17-/m1/s1. The minimum Gasteiger partial charge on any atom is -0.346 e. The lowest BCUT2D eigenvalue weighted by atomic mass is 9.76. The molecule has 1 aliphatic heterocycles. The summed E-state index contributed by atoms with van der Waals surface area (Å²) in [5.41, 5.74) is 1.33. The van der Waals surface area contributed by atoms with Crippen LogP contribution in [0.5, 0.6) is 0 Å². The third-order valence-electron chi connectivity index (χ3n) is 5.76. The van der Waals surface area contributed by atoms with E-state index >= 15 is 0 Å². The Morgan fingerprint density at radius 1 is 1.32 bits per heavy atom. The van der Waals surface area contributed by atoms with Crippen molar-refractivity contribution in [2.75, 3.05) is 6.54 Å². The zero-order valence-corrected chi connectivity index (χ0v) is 17.4. The number of aromatic nitrogens is 2. The van der Waals surface area contributed by atoms with Crippen LogP contribution in [0.2, 0.25) is 5.02 Å². The Labute approximate surface area is 169 Å². The highest BCUT2D eigenvalue weighted by Gasteiger charge is 2.53. The van der Waals surface area contributed by atoms with Gasteiger partial charge in [0.15, 0.2) is 0 Å². The molecule has 2 aliphatic rings. The first-order valence-corrected chi connectivity index (χ1v) is 11.3. The first-order chi connectivity index (χ1) is 13.3. The van der Waals surface area contributed by atoms with Gasteiger partial charge in [-0.3, -0.25) is 9.48 Å². The quantitative estimate of drug-likeness (QED) is 0.802. The van der Waals surface area contributed by atoms with Crippen molar-refractivity contribution in [2.24, 2.45) is 5.92 Å². The van der Waals surface area contributed by atoms with Gasteiger partial charge in [-0.05, 0) is 44.7 Å². The van der Waals surface area contributed by atoms with Gasteiger partial charge in [0.2, 0.25) is 10.0 Å². The number of hydrogen-bond acceptors (Lipinski definition) is 4. The Hall–Kier alpha value is -1.90. The molecule has 2 fully saturated rings. The lowest BCUT2D eigenvalue weighted by Crippen LogP contribution is -2.60. The van der Waals surface area contributed by atoms with Crippen LogP contribution in [0.1, 0.15) is 35.8 Å². The van der Waals surface area contributed by atoms with Crippen LogP contribution >= 0.6 is 11.6 Å². The van der Waals surface area contributed by atoms with Gasteiger partial charge >= 0.3 is 0 Å². The van der Waals surface area contributed by atoms with E-state index in [-0.39, 0.29) is 23.9 Å². The van der Waals surface area contributed by atoms with Gasteiger partial charge in [0.05, 0.1) is 16.1 Å². The van der Waals surface area contributed by atoms with Gasteiger partial charge in [-0.1, -0.05) is 29.3 Å². The molecule has 0 spiro atoms. The highest BCUT2D eigenvalue weighted by Crippen LogP contribution is 2.43. The second-order valence-electron chi connectivity index (χ2n) is 7.44. The summed E-state index contributed by atoms with van der Waals surface area (Å²) in [6.45, 7) is 4.81. The second kappa shape index (κ2) is 7.17. The summed E-state index contributed by atoms with van der Waals surface area (Å²) in [4.78, 5) is 13.0. The summed E-state index contributed by atoms with van der Waals surface area (Å²) in [5.74, 6) is -0.0375. The summed E-state index contributed by atoms with van der Waals surface area (Å²) >= 11 is 6.12. The average molecular weight is 423 g/mol. The third kappa shape index (κ3) is 3.13. The molecule has 7 nitrogen and oxygen atoms in total. The number of carbonyl (C=O) groups excluding carboxylic acids is 1. The largest absolute Gasteiger partial charge is 0.346 e. The smallest absolute Gasteiger partial charge is 0.271 e. The Balaban J connectivity index is 1.54. The number of sulfonamides is 1. The molecular formula is C19H23ClN4O3S. The molecule has 0 unspecified atom stereocenters. The monoisotopic (exact) mass is 422 g/mol. The summed E-state index contributed by atoms with van der Waals surface area (Å²) in [5, 5.41) is 7.37. The van der Waals surface area contributed by atoms with Crippen molar-refractivity contribution in [3.8, 4) is 0 Å². The molecule has 1 aromatic carbocycles. The maximum Gasteiger partial charge on any atom is 0.271 e. The molecule has 1 saturated heterocycles. The molecule has 28 heavy (non-hydrogen) atoms. The van der Waals surface area contributed by atoms with Gasteiger partial charge in [-0.25, -0.2) is 8.42 Å². The van der Waals surface area contributed by atoms with Gasteiger partial charge in [0.1, 0.15) is 5.69 Å². The second-order valence-corrected chi connectivity index (χ2v) is 9.74. The van der Waals surface area contributed by atoms with E-state index in [4.69, 9.17) is 11.6 Å². The van der Waals surface area contributed by atoms with Crippen LogP contribution in [-0.2, 0) is 16.6 Å². The van der Waals surface area contributed by atoms with Gasteiger partial charge in [-0.15, -0.1) is 0 Å². The van der Waals surface area contributed by atoms with Crippen LogP contribution in [0.15, 0.2) is 35.4 Å². The fourth-order valence-corrected chi connectivity index (χ4v) is 6.20. The van der Waals surface area contributed by atoms with Gasteiger partial charge in [0, 0.05) is 25.2 Å². The van der Waals surface area contributed by atoms with Crippen LogP contribution < -0.4 is 5.32 Å². The number of halogens is 1. The molecule has 0 radical (unpaired) electrons. The molecule has 150 valence electrons. The van der Waals surface area contributed by atoms with Crippen LogP contribution in [0.25, 0.3) is 0 Å². The number of carbonyl (C=O) groups is 1. The van der Waals surface area contributed by atoms with E-state index in [1.807, 2.05) is 13.8 Å². The first kappa shape index (κ1) is 19.4. The Morgan fingerprint density at radius 2 is 2.04 bits per heavy atom. The van der Waals surface area contributed by atoms with E-state index in [0.717, 1.165) is 18.4 Å². The van der Waals surface area contributed by atoms with Crippen molar-refractivity contribution in [3.63, 3.8) is 0 Å². The molecule has 1 N–H and O–H groups in total. The molecule has 0 bridgehead atoms. The summed E-state index contributed by atoms with van der Waals surface area (Å²) in [7, 11) is -3.59. The predicted octanol–water partition coefficient (Wildman–Crippen LogP) is 2.45. The average Bonchev–Trinajstić information content (AvgIpc) is 3.20. The molecule has 1 aliphatic carbocycles. The Kier molecular flexibility index (Phi) is 4.97. The number of benzene rings is 1. The van der Waals surface area contributed by atoms with Gasteiger partial charge in [-0.2, -0.15) is 9.40 Å². The minimum absolute atomic E-state index is 0.216. The van der Waals surface area contributed by atoms with E-state index in [1.165, 1.54) is 6.20 Å². The minimum atomic E-state index is -3.59. The fraction of sp³-hybridized carbons (Fsp3) is 0.474. The number of nitrogens with one attached hydrogen (secondary N) is 1. The maximum absolute atomic E-state index is 13.1. The van der Waals surface area contributed by atoms with E-state index in [2.05, 4.69) is 10.4 Å². The van der Waals surface area contributed by atoms with Gasteiger partial charge < -0.3 is 5.32 Å². The van der Waals surface area contributed by atoms with Crippen molar-refractivity contribution in [1.82, 2.24) is 19.4 Å². The zero-order chi connectivity index (χ0) is 20.1. The SMILES string of the molecule is CCn1ncc(Cl)c1C(=O)N[C@H]1C[C@H]2CCN(S(=O)(=O)c3ccc(C)cc3)[C@H]21. The van der Waals surface area contributed by atoms with Crippen LogP contribution in [0.4, 0.5) is 0 Å². The van der Waals surface area contributed by atoms with Crippen molar-refractivity contribution >= 4 is 27.5 Å². The van der Waals surface area contributed by atoms with Crippen LogP contribution in [0, 0.1) is 12.8 Å². The lowest BCUT2D eigenvalue weighted by molar-refractivity contribution is 0.0808. The molecular weight excluding hydrogens is 400 g/mol. The summed E-state index contributed by atoms with van der Waals surface area (Å²) in [6.07, 6.45) is 3.04. The fourth-order valence-electron chi connectivity index (χ4n) is 4.24. The number of fused-ring (bicyclic) bond motifs is 1. The van der Waals surface area contributed by atoms with E-state index in [0.29, 0.717) is 28.7 Å². The Morgan fingerprint density at radius 3 is 2.71 bits per heavy atom. The highest BCUT2D eigenvalue weighted by atomic mass is 35.5. The number of hydrogen-bond donors (Lipinski definition) is 1. The first-order valence-electron chi connectivity index (χ1n) is 9.43. The number of aryl methyl sites for hydroxylation is 2. The number of amides is 1. The van der Waals surface area contributed by atoms with Crippen LogP contribution in [-0.4, -0.2) is 47.0 Å². The third-order valence-corrected chi connectivity index (χ3v) is 7.95. The normalized spacial score (nSPS) is 24.6. The molecule has 1 saturated carbocycles. The molecule has 1 amide bonds. The molecule has 1 aromatic heterocycles. The molecule has 9 heteroatoms. The van der Waals surface area contributed by atoms with Gasteiger partial charge in [0.25, 0.3) is 5.91 Å². The topological polar surface area (TPSA) is 84.3 Å². The molecule has 4 rings (SSSR count). The number of rotatable bonds is 5. The number of nitrogens with zero attached hydrogens (tertiary/aromatic N) is 3. The molecule has 2 heterocycles. The zero-order valence-electron chi connectivity index (χ0n) is 15.8. The van der Waals surface area contributed by atoms with E-state index in [9.17, 15) is 13.2 Å². The van der Waals surface area contributed by atoms with Crippen molar-refractivity contribution < 1.29 is 13.2 Å². The van der Waals surface area contributed by atoms with Crippen LogP contribution in [0.3, 0.4) is 0 Å². The lowest BCUT2D eigenvalue weighted by Gasteiger charge is -2.43. The van der Waals surface area contributed by atoms with Crippen molar-refractivity contribution in [3.05, 3.63) is 46.7 Å². The van der Waals surface area contributed by atoms with E-state index < -0.39 is 10.0 Å². The Bertz CT molecular complexity index is 1000. The van der Waals surface area contributed by atoms with Crippen molar-refractivity contribution in [2.45, 2.75) is 50.2 Å². The predicted molar refractivity (Wildman–Crippen MR) is 106 cm³/mol. The highest BCUT2D eigenvalue weighted by molar-refractivity contribution is 7.89. The summed E-state index contributed by atoms with van der Waals surface area (Å²) in [6, 6.07) is 6.44. The summed E-state index contributed by atoms with van der Waals surface area (Å²) < 4.78 is 29.4.